The van der Waals surface area contributed by atoms with E-state index in [1.165, 1.54) is 5.56 Å². The normalized spacial score (nSPS) is 10.6. The van der Waals surface area contributed by atoms with Crippen LogP contribution in [0.15, 0.2) is 60.8 Å². The van der Waals surface area contributed by atoms with Gasteiger partial charge >= 0.3 is 0 Å². The Kier molecular flexibility index (Phi) is 6.79. The van der Waals surface area contributed by atoms with Crippen molar-refractivity contribution in [2.75, 3.05) is 24.3 Å². The van der Waals surface area contributed by atoms with E-state index < -0.39 is 0 Å². The van der Waals surface area contributed by atoms with Gasteiger partial charge in [0.2, 0.25) is 5.95 Å². The number of nitrogens with zero attached hydrogens (tertiary/aromatic N) is 2. The molecule has 0 saturated carbocycles. The molecule has 6 nitrogen and oxygen atoms in total. The number of carbonyl (C=O) groups excluding carboxylic acids is 1. The Labute approximate surface area is 171 Å². The Balaban J connectivity index is 1.57. The molecule has 1 aromatic heterocycles. The van der Waals surface area contributed by atoms with E-state index in [1.54, 1.807) is 19.4 Å². The highest BCUT2D eigenvalue weighted by molar-refractivity contribution is 6.02. The molecule has 0 aliphatic heterocycles. The minimum Gasteiger partial charge on any atom is -0.497 e. The van der Waals surface area contributed by atoms with Gasteiger partial charge in [-0.05, 0) is 53.8 Å². The summed E-state index contributed by atoms with van der Waals surface area (Å²) in [6.07, 6.45) is 2.37. The number of amides is 1. The standard InChI is InChI=1S/C23H26N4O2/c1-16(2)18-7-9-19(10-8-18)26-22(28)21-12-14-25-23(27-21)24-13-11-17-5-4-6-20(15-17)29-3/h4-10,12,14-16H,11,13H2,1-3H3,(H,26,28)(H,24,25,27). The van der Waals surface area contributed by atoms with Gasteiger partial charge in [-0.25, -0.2) is 9.97 Å². The number of hydrogen-bond donors (Lipinski definition) is 2. The maximum Gasteiger partial charge on any atom is 0.274 e. The van der Waals surface area contributed by atoms with Crippen molar-refractivity contribution in [3.8, 4) is 5.75 Å². The average Bonchev–Trinajstić information content (AvgIpc) is 2.74. The summed E-state index contributed by atoms with van der Waals surface area (Å²) in [5.74, 6) is 1.45. The molecule has 3 aromatic rings. The van der Waals surface area contributed by atoms with Gasteiger partial charge in [-0.3, -0.25) is 4.79 Å². The molecule has 0 spiro atoms. The first-order valence-corrected chi connectivity index (χ1v) is 9.66. The lowest BCUT2D eigenvalue weighted by Crippen LogP contribution is -2.16. The van der Waals surface area contributed by atoms with Gasteiger partial charge in [0.05, 0.1) is 7.11 Å². The van der Waals surface area contributed by atoms with Crippen LogP contribution in [0.1, 0.15) is 41.4 Å². The van der Waals surface area contributed by atoms with E-state index in [-0.39, 0.29) is 5.91 Å². The Morgan fingerprint density at radius 3 is 2.62 bits per heavy atom. The molecule has 0 atom stereocenters. The minimum absolute atomic E-state index is 0.263. The fourth-order valence-electron chi connectivity index (χ4n) is 2.86. The third-order valence-corrected chi connectivity index (χ3v) is 4.55. The molecule has 0 radical (unpaired) electrons. The summed E-state index contributed by atoms with van der Waals surface area (Å²) in [4.78, 5) is 21.0. The van der Waals surface area contributed by atoms with E-state index in [1.807, 2.05) is 48.5 Å². The Morgan fingerprint density at radius 1 is 1.10 bits per heavy atom. The summed E-state index contributed by atoms with van der Waals surface area (Å²) in [5, 5.41) is 6.04. The predicted molar refractivity (Wildman–Crippen MR) is 116 cm³/mol. The third-order valence-electron chi connectivity index (χ3n) is 4.55. The van der Waals surface area contributed by atoms with Crippen LogP contribution >= 0.6 is 0 Å². The second-order valence-corrected chi connectivity index (χ2v) is 7.02. The molecule has 0 bridgehead atoms. The minimum atomic E-state index is -0.263. The maximum absolute atomic E-state index is 12.5. The van der Waals surface area contributed by atoms with E-state index >= 15 is 0 Å². The molecule has 2 aromatic carbocycles. The smallest absolute Gasteiger partial charge is 0.274 e. The summed E-state index contributed by atoms with van der Waals surface area (Å²) >= 11 is 0. The first-order valence-electron chi connectivity index (χ1n) is 9.66. The lowest BCUT2D eigenvalue weighted by molar-refractivity contribution is 0.102. The van der Waals surface area contributed by atoms with E-state index in [0.717, 1.165) is 23.4 Å². The number of methoxy groups -OCH3 is 1. The Bertz CT molecular complexity index is 955. The number of anilines is 2. The first-order chi connectivity index (χ1) is 14.0. The number of carbonyl (C=O) groups is 1. The number of aromatic nitrogens is 2. The molecule has 0 fully saturated rings. The average molecular weight is 390 g/mol. The topological polar surface area (TPSA) is 76.1 Å². The lowest BCUT2D eigenvalue weighted by atomic mass is 10.0. The van der Waals surface area contributed by atoms with Gasteiger partial charge in [0, 0.05) is 18.4 Å². The lowest BCUT2D eigenvalue weighted by Gasteiger charge is -2.09. The maximum atomic E-state index is 12.5. The van der Waals surface area contributed by atoms with Gasteiger partial charge in [0.15, 0.2) is 0 Å². The van der Waals surface area contributed by atoms with Crippen molar-refractivity contribution in [2.45, 2.75) is 26.2 Å². The number of nitrogens with one attached hydrogen (secondary N) is 2. The van der Waals surface area contributed by atoms with Crippen molar-refractivity contribution in [1.29, 1.82) is 0 Å². The summed E-state index contributed by atoms with van der Waals surface area (Å²) < 4.78 is 5.24. The van der Waals surface area contributed by atoms with Gasteiger partial charge in [-0.2, -0.15) is 0 Å². The number of rotatable bonds is 8. The number of ether oxygens (including phenoxy) is 1. The van der Waals surface area contributed by atoms with Gasteiger partial charge in [0.1, 0.15) is 11.4 Å². The highest BCUT2D eigenvalue weighted by Crippen LogP contribution is 2.18. The van der Waals surface area contributed by atoms with Crippen molar-refractivity contribution >= 4 is 17.5 Å². The molecule has 2 N–H and O–H groups in total. The monoisotopic (exact) mass is 390 g/mol. The number of hydrogen-bond acceptors (Lipinski definition) is 5. The zero-order chi connectivity index (χ0) is 20.6. The van der Waals surface area contributed by atoms with Crippen LogP contribution in [0.5, 0.6) is 5.75 Å². The molecule has 3 rings (SSSR count). The van der Waals surface area contributed by atoms with Crippen LogP contribution in [0.2, 0.25) is 0 Å². The summed E-state index contributed by atoms with van der Waals surface area (Å²) in [5.41, 5.74) is 3.44. The quantitative estimate of drug-likeness (QED) is 0.592. The van der Waals surface area contributed by atoms with Crippen molar-refractivity contribution in [3.05, 3.63) is 77.6 Å². The van der Waals surface area contributed by atoms with Crippen LogP contribution in [0.3, 0.4) is 0 Å². The van der Waals surface area contributed by atoms with E-state index in [0.29, 0.717) is 24.1 Å². The molecule has 0 saturated heterocycles. The van der Waals surface area contributed by atoms with E-state index in [4.69, 9.17) is 4.74 Å². The van der Waals surface area contributed by atoms with Crippen LogP contribution in [0, 0.1) is 0 Å². The highest BCUT2D eigenvalue weighted by Gasteiger charge is 2.10. The molecule has 150 valence electrons. The van der Waals surface area contributed by atoms with Gasteiger partial charge in [0.25, 0.3) is 5.91 Å². The molecule has 0 unspecified atom stereocenters. The van der Waals surface area contributed by atoms with Crippen LogP contribution in [0.25, 0.3) is 0 Å². The predicted octanol–water partition coefficient (Wildman–Crippen LogP) is 4.52. The largest absolute Gasteiger partial charge is 0.497 e. The molecule has 0 aliphatic rings. The van der Waals surface area contributed by atoms with Gasteiger partial charge < -0.3 is 15.4 Å². The second kappa shape index (κ2) is 9.68. The van der Waals surface area contributed by atoms with Crippen LogP contribution in [-0.4, -0.2) is 29.5 Å². The van der Waals surface area contributed by atoms with Gasteiger partial charge in [-0.15, -0.1) is 0 Å². The van der Waals surface area contributed by atoms with Crippen LogP contribution < -0.4 is 15.4 Å². The fourth-order valence-corrected chi connectivity index (χ4v) is 2.86. The summed E-state index contributed by atoms with van der Waals surface area (Å²) in [7, 11) is 1.65. The number of benzene rings is 2. The first kappa shape index (κ1) is 20.3. The zero-order valence-corrected chi connectivity index (χ0v) is 17.0. The van der Waals surface area contributed by atoms with Crippen molar-refractivity contribution in [1.82, 2.24) is 9.97 Å². The molecule has 0 aliphatic carbocycles. The summed E-state index contributed by atoms with van der Waals surface area (Å²) in [6.45, 7) is 4.92. The van der Waals surface area contributed by atoms with E-state index in [2.05, 4.69) is 34.4 Å². The molecule has 1 heterocycles. The fraction of sp³-hybridized carbons (Fsp3) is 0.261. The van der Waals surface area contributed by atoms with Crippen molar-refractivity contribution in [3.63, 3.8) is 0 Å². The third kappa shape index (κ3) is 5.78. The molecule has 1 amide bonds. The molecular weight excluding hydrogens is 364 g/mol. The van der Waals surface area contributed by atoms with Crippen molar-refractivity contribution < 1.29 is 9.53 Å². The van der Waals surface area contributed by atoms with Crippen molar-refractivity contribution in [2.24, 2.45) is 0 Å². The Morgan fingerprint density at radius 2 is 1.90 bits per heavy atom. The molecular formula is C23H26N4O2. The SMILES string of the molecule is COc1cccc(CCNc2nccc(C(=O)Nc3ccc(C(C)C)cc3)n2)c1. The zero-order valence-electron chi connectivity index (χ0n) is 17.0. The molecule has 6 heteroatoms. The second-order valence-electron chi connectivity index (χ2n) is 7.02. The van der Waals surface area contributed by atoms with Crippen LogP contribution in [-0.2, 0) is 6.42 Å². The Hall–Kier alpha value is -3.41. The molecule has 29 heavy (non-hydrogen) atoms. The van der Waals surface area contributed by atoms with Gasteiger partial charge in [-0.1, -0.05) is 38.1 Å². The summed E-state index contributed by atoms with van der Waals surface area (Å²) in [6, 6.07) is 17.4. The highest BCUT2D eigenvalue weighted by atomic mass is 16.5. The van der Waals surface area contributed by atoms with Crippen LogP contribution in [0.4, 0.5) is 11.6 Å². The van der Waals surface area contributed by atoms with E-state index in [9.17, 15) is 4.79 Å².